The van der Waals surface area contributed by atoms with E-state index in [2.05, 4.69) is 46.1 Å². The van der Waals surface area contributed by atoms with Crippen molar-refractivity contribution in [3.63, 3.8) is 0 Å². The number of hydrogen-bond acceptors (Lipinski definition) is 4. The van der Waals surface area contributed by atoms with E-state index in [9.17, 15) is 4.79 Å². The Morgan fingerprint density at radius 1 is 1.27 bits per heavy atom. The summed E-state index contributed by atoms with van der Waals surface area (Å²) in [4.78, 5) is 16.5. The van der Waals surface area contributed by atoms with Gasteiger partial charge in [0, 0.05) is 6.04 Å². The second kappa shape index (κ2) is 8.27. The Morgan fingerprint density at radius 3 is 2.69 bits per heavy atom. The maximum atomic E-state index is 12.0. The van der Waals surface area contributed by atoms with E-state index >= 15 is 0 Å². The van der Waals surface area contributed by atoms with Crippen LogP contribution < -0.4 is 5.32 Å². The highest BCUT2D eigenvalue weighted by Gasteiger charge is 2.15. The molecule has 0 aliphatic rings. The van der Waals surface area contributed by atoms with Crippen LogP contribution in [-0.4, -0.2) is 27.3 Å². The van der Waals surface area contributed by atoms with Gasteiger partial charge in [-0.05, 0) is 38.5 Å². The van der Waals surface area contributed by atoms with Crippen LogP contribution in [0.5, 0.6) is 0 Å². The SMILES string of the molecule is Cc1ccc(-c2cnc(SCC(=O)NC(C)C)n2Cc2ccco2)cc1. The van der Waals surface area contributed by atoms with Crippen LogP contribution in [0.25, 0.3) is 11.3 Å². The lowest BCUT2D eigenvalue weighted by Crippen LogP contribution is -2.31. The highest BCUT2D eigenvalue weighted by atomic mass is 32.2. The molecular formula is C20H23N3O2S. The van der Waals surface area contributed by atoms with Crippen molar-refractivity contribution in [1.82, 2.24) is 14.9 Å². The number of aryl methyl sites for hydroxylation is 1. The topological polar surface area (TPSA) is 60.1 Å². The molecule has 0 aliphatic heterocycles. The number of amides is 1. The second-order valence-electron chi connectivity index (χ2n) is 6.47. The summed E-state index contributed by atoms with van der Waals surface area (Å²) >= 11 is 1.44. The molecule has 1 N–H and O–H groups in total. The van der Waals surface area contributed by atoms with Crippen LogP contribution in [0, 0.1) is 6.92 Å². The van der Waals surface area contributed by atoms with E-state index in [0.717, 1.165) is 22.2 Å². The first-order chi connectivity index (χ1) is 12.5. The lowest BCUT2D eigenvalue weighted by atomic mass is 10.1. The Labute approximate surface area is 157 Å². The van der Waals surface area contributed by atoms with Crippen molar-refractivity contribution in [1.29, 1.82) is 0 Å². The van der Waals surface area contributed by atoms with E-state index in [4.69, 9.17) is 4.42 Å². The predicted molar refractivity (Wildman–Crippen MR) is 104 cm³/mol. The van der Waals surface area contributed by atoms with Crippen molar-refractivity contribution in [2.24, 2.45) is 0 Å². The quantitative estimate of drug-likeness (QED) is 0.637. The number of nitrogens with one attached hydrogen (secondary N) is 1. The van der Waals surface area contributed by atoms with Crippen molar-refractivity contribution in [2.75, 3.05) is 5.75 Å². The van der Waals surface area contributed by atoms with E-state index in [-0.39, 0.29) is 11.9 Å². The molecule has 0 fully saturated rings. The van der Waals surface area contributed by atoms with Gasteiger partial charge in [0.25, 0.3) is 0 Å². The van der Waals surface area contributed by atoms with Crippen molar-refractivity contribution in [3.8, 4) is 11.3 Å². The Bertz CT molecular complexity index is 852. The third kappa shape index (κ3) is 4.58. The molecule has 0 radical (unpaired) electrons. The molecule has 6 heteroatoms. The summed E-state index contributed by atoms with van der Waals surface area (Å²) in [5.74, 6) is 1.19. The number of nitrogens with zero attached hydrogens (tertiary/aromatic N) is 2. The summed E-state index contributed by atoms with van der Waals surface area (Å²) in [6, 6.07) is 12.3. The third-order valence-electron chi connectivity index (χ3n) is 3.84. The molecule has 26 heavy (non-hydrogen) atoms. The molecular weight excluding hydrogens is 346 g/mol. The van der Waals surface area contributed by atoms with Gasteiger partial charge in [0.2, 0.25) is 5.91 Å². The largest absolute Gasteiger partial charge is 0.467 e. The molecule has 0 aliphatic carbocycles. The van der Waals surface area contributed by atoms with E-state index in [1.165, 1.54) is 17.3 Å². The minimum absolute atomic E-state index is 0.00874. The molecule has 136 valence electrons. The van der Waals surface area contributed by atoms with Crippen LogP contribution >= 0.6 is 11.8 Å². The van der Waals surface area contributed by atoms with E-state index in [0.29, 0.717) is 12.3 Å². The van der Waals surface area contributed by atoms with Gasteiger partial charge < -0.3 is 14.3 Å². The fraction of sp³-hybridized carbons (Fsp3) is 0.300. The summed E-state index contributed by atoms with van der Waals surface area (Å²) in [7, 11) is 0. The minimum atomic E-state index is 0.00874. The number of thioether (sulfide) groups is 1. The first-order valence-electron chi connectivity index (χ1n) is 8.60. The maximum absolute atomic E-state index is 12.0. The molecule has 3 aromatic rings. The van der Waals surface area contributed by atoms with Crippen LogP contribution in [0.1, 0.15) is 25.2 Å². The van der Waals surface area contributed by atoms with Crippen LogP contribution in [0.15, 0.2) is 58.4 Å². The molecule has 0 unspecified atom stereocenters. The fourth-order valence-corrected chi connectivity index (χ4v) is 3.42. The summed E-state index contributed by atoms with van der Waals surface area (Å²) < 4.78 is 7.61. The zero-order valence-corrected chi connectivity index (χ0v) is 16.0. The molecule has 0 bridgehead atoms. The minimum Gasteiger partial charge on any atom is -0.467 e. The number of aromatic nitrogens is 2. The number of carbonyl (C=O) groups is 1. The Hall–Kier alpha value is -2.47. The maximum Gasteiger partial charge on any atom is 0.230 e. The van der Waals surface area contributed by atoms with E-state index < -0.39 is 0 Å². The standard InChI is InChI=1S/C20H23N3O2S/c1-14(2)22-19(24)13-26-20-21-11-18(16-8-6-15(3)7-9-16)23(20)12-17-5-4-10-25-17/h4-11,14H,12-13H2,1-3H3,(H,22,24). The normalized spacial score (nSPS) is 11.1. The highest BCUT2D eigenvalue weighted by molar-refractivity contribution is 7.99. The summed E-state index contributed by atoms with van der Waals surface area (Å²) in [5, 5.41) is 3.71. The molecule has 3 rings (SSSR count). The Kier molecular flexibility index (Phi) is 5.83. The van der Waals surface area contributed by atoms with Gasteiger partial charge in [0.05, 0.1) is 30.5 Å². The molecule has 1 amide bonds. The van der Waals surface area contributed by atoms with Crippen molar-refractivity contribution in [2.45, 2.75) is 38.5 Å². The first-order valence-corrected chi connectivity index (χ1v) is 9.58. The zero-order valence-electron chi connectivity index (χ0n) is 15.2. The number of carbonyl (C=O) groups excluding carboxylic acids is 1. The number of hydrogen-bond donors (Lipinski definition) is 1. The molecule has 2 heterocycles. The number of benzene rings is 1. The van der Waals surface area contributed by atoms with Gasteiger partial charge in [-0.15, -0.1) is 0 Å². The highest BCUT2D eigenvalue weighted by Crippen LogP contribution is 2.27. The van der Waals surface area contributed by atoms with E-state index in [1.54, 1.807) is 6.26 Å². The van der Waals surface area contributed by atoms with Gasteiger partial charge >= 0.3 is 0 Å². The molecule has 0 saturated heterocycles. The molecule has 5 nitrogen and oxygen atoms in total. The molecule has 1 aromatic carbocycles. The second-order valence-corrected chi connectivity index (χ2v) is 7.41. The number of imidazole rings is 1. The average Bonchev–Trinajstić information content (AvgIpc) is 3.24. The number of rotatable bonds is 7. The van der Waals surface area contributed by atoms with Crippen molar-refractivity contribution in [3.05, 3.63) is 60.2 Å². The molecule has 2 aromatic heterocycles. The van der Waals surface area contributed by atoms with Gasteiger partial charge in [-0.2, -0.15) is 0 Å². The number of furan rings is 1. The fourth-order valence-electron chi connectivity index (χ4n) is 2.63. The van der Waals surface area contributed by atoms with Crippen LogP contribution in [0.4, 0.5) is 0 Å². The molecule has 0 saturated carbocycles. The summed E-state index contributed by atoms with van der Waals surface area (Å²) in [6.07, 6.45) is 3.52. The van der Waals surface area contributed by atoms with Gasteiger partial charge in [0.1, 0.15) is 5.76 Å². The summed E-state index contributed by atoms with van der Waals surface area (Å²) in [5.41, 5.74) is 3.31. The van der Waals surface area contributed by atoms with Gasteiger partial charge in [-0.3, -0.25) is 4.79 Å². The molecule has 0 atom stereocenters. The van der Waals surface area contributed by atoms with Crippen LogP contribution in [0.2, 0.25) is 0 Å². The van der Waals surface area contributed by atoms with Crippen LogP contribution in [0.3, 0.4) is 0 Å². The monoisotopic (exact) mass is 369 g/mol. The average molecular weight is 369 g/mol. The zero-order chi connectivity index (χ0) is 18.5. The van der Waals surface area contributed by atoms with E-state index in [1.807, 2.05) is 32.2 Å². The third-order valence-corrected chi connectivity index (χ3v) is 4.83. The predicted octanol–water partition coefficient (Wildman–Crippen LogP) is 4.12. The lowest BCUT2D eigenvalue weighted by molar-refractivity contribution is -0.119. The summed E-state index contributed by atoms with van der Waals surface area (Å²) in [6.45, 7) is 6.55. The Balaban J connectivity index is 1.86. The van der Waals surface area contributed by atoms with Gasteiger partial charge in [-0.25, -0.2) is 4.98 Å². The van der Waals surface area contributed by atoms with Crippen molar-refractivity contribution >= 4 is 17.7 Å². The Morgan fingerprint density at radius 2 is 2.04 bits per heavy atom. The lowest BCUT2D eigenvalue weighted by Gasteiger charge is -2.12. The van der Waals surface area contributed by atoms with Crippen molar-refractivity contribution < 1.29 is 9.21 Å². The van der Waals surface area contributed by atoms with Gasteiger partial charge in [-0.1, -0.05) is 41.6 Å². The first kappa shape index (κ1) is 18.3. The smallest absolute Gasteiger partial charge is 0.230 e. The molecule has 0 spiro atoms. The van der Waals surface area contributed by atoms with Crippen LogP contribution in [-0.2, 0) is 11.3 Å². The van der Waals surface area contributed by atoms with Gasteiger partial charge in [0.15, 0.2) is 5.16 Å².